The average molecular weight is 428 g/mol. The highest BCUT2D eigenvalue weighted by Gasteiger charge is 2.12. The Morgan fingerprint density at radius 1 is 1.06 bits per heavy atom. The summed E-state index contributed by atoms with van der Waals surface area (Å²) in [6.45, 7) is 2.55. The Morgan fingerprint density at radius 2 is 1.81 bits per heavy atom. The molecule has 1 amide bonds. The minimum absolute atomic E-state index is 0.0247. The maximum absolute atomic E-state index is 12.3. The molecule has 1 aromatic heterocycles. The van der Waals surface area contributed by atoms with E-state index in [0.717, 1.165) is 18.4 Å². The van der Waals surface area contributed by atoms with E-state index in [9.17, 15) is 14.9 Å². The number of nitriles is 1. The molecule has 32 heavy (non-hydrogen) atoms. The van der Waals surface area contributed by atoms with E-state index in [1.807, 2.05) is 36.4 Å². The zero-order valence-electron chi connectivity index (χ0n) is 17.8. The van der Waals surface area contributed by atoms with Crippen molar-refractivity contribution in [3.05, 3.63) is 89.2 Å². The first-order valence-corrected chi connectivity index (χ1v) is 10.4. The smallest absolute Gasteiger partial charge is 0.338 e. The van der Waals surface area contributed by atoms with Gasteiger partial charge in [0.05, 0.1) is 12.2 Å². The summed E-state index contributed by atoms with van der Waals surface area (Å²) in [5.41, 5.74) is 2.40. The molecule has 1 N–H and O–H groups in total. The number of nitrogens with zero attached hydrogens (tertiary/aromatic N) is 1. The van der Waals surface area contributed by atoms with Crippen LogP contribution >= 0.6 is 0 Å². The Balaban J connectivity index is 1.58. The second-order valence-electron chi connectivity index (χ2n) is 7.01. The lowest BCUT2D eigenvalue weighted by atomic mass is 10.1. The average Bonchev–Trinajstić information content (AvgIpc) is 3.30. The van der Waals surface area contributed by atoms with Gasteiger partial charge < -0.3 is 14.5 Å². The van der Waals surface area contributed by atoms with Crippen LogP contribution in [-0.4, -0.2) is 25.0 Å². The fourth-order valence-corrected chi connectivity index (χ4v) is 3.10. The van der Waals surface area contributed by atoms with Gasteiger partial charge in [-0.2, -0.15) is 5.26 Å². The van der Waals surface area contributed by atoms with Crippen molar-refractivity contribution in [1.29, 1.82) is 5.26 Å². The van der Waals surface area contributed by atoms with Crippen LogP contribution in [0.1, 0.15) is 35.0 Å². The quantitative estimate of drug-likeness (QED) is 0.229. The van der Waals surface area contributed by atoms with Crippen molar-refractivity contribution in [3.63, 3.8) is 0 Å². The number of amides is 1. The third-order valence-electron chi connectivity index (χ3n) is 4.73. The molecule has 0 unspecified atom stereocenters. The molecule has 3 aromatic rings. The van der Waals surface area contributed by atoms with Crippen molar-refractivity contribution >= 4 is 18.0 Å². The number of benzene rings is 2. The van der Waals surface area contributed by atoms with Crippen LogP contribution in [0.25, 0.3) is 17.4 Å². The van der Waals surface area contributed by atoms with Crippen LogP contribution < -0.4 is 5.32 Å². The predicted molar refractivity (Wildman–Crippen MR) is 121 cm³/mol. The van der Waals surface area contributed by atoms with E-state index < -0.39 is 5.91 Å². The van der Waals surface area contributed by atoms with E-state index in [1.54, 1.807) is 43.3 Å². The van der Waals surface area contributed by atoms with Crippen LogP contribution in [0.4, 0.5) is 0 Å². The number of esters is 1. The summed E-state index contributed by atoms with van der Waals surface area (Å²) < 4.78 is 10.7. The summed E-state index contributed by atoms with van der Waals surface area (Å²) in [6, 6.07) is 22.2. The molecule has 0 aliphatic heterocycles. The fourth-order valence-electron chi connectivity index (χ4n) is 3.10. The lowest BCUT2D eigenvalue weighted by molar-refractivity contribution is -0.117. The summed E-state index contributed by atoms with van der Waals surface area (Å²) in [6.07, 6.45) is 3.05. The van der Waals surface area contributed by atoms with Crippen LogP contribution in [0.15, 0.2) is 76.7 Å². The SMILES string of the molecule is CCOC(=O)c1ccc(-c2ccc(/C=C(/C#N)C(=O)NCCCc3ccccc3)o2)cc1. The number of furan rings is 1. The Kier molecular flexibility index (Phi) is 7.99. The molecule has 0 aliphatic rings. The van der Waals surface area contributed by atoms with E-state index in [-0.39, 0.29) is 11.5 Å². The van der Waals surface area contributed by atoms with Gasteiger partial charge in [-0.25, -0.2) is 4.79 Å². The van der Waals surface area contributed by atoms with Gasteiger partial charge >= 0.3 is 5.97 Å². The second kappa shape index (κ2) is 11.3. The number of carbonyl (C=O) groups is 2. The Hall–Kier alpha value is -4.11. The van der Waals surface area contributed by atoms with Gasteiger partial charge in [0.25, 0.3) is 5.91 Å². The lowest BCUT2D eigenvalue weighted by Gasteiger charge is -2.04. The monoisotopic (exact) mass is 428 g/mol. The largest absolute Gasteiger partial charge is 0.462 e. The summed E-state index contributed by atoms with van der Waals surface area (Å²) in [4.78, 5) is 24.1. The molecular weight excluding hydrogens is 404 g/mol. The molecule has 0 fully saturated rings. The van der Waals surface area contributed by atoms with E-state index in [2.05, 4.69) is 5.32 Å². The number of rotatable bonds is 9. The molecule has 2 aromatic carbocycles. The predicted octanol–water partition coefficient (Wildman–Crippen LogP) is 4.78. The highest BCUT2D eigenvalue weighted by molar-refractivity contribution is 6.01. The number of hydrogen-bond donors (Lipinski definition) is 1. The first-order valence-electron chi connectivity index (χ1n) is 10.4. The molecule has 6 nitrogen and oxygen atoms in total. The van der Waals surface area contributed by atoms with E-state index in [0.29, 0.717) is 30.2 Å². The molecule has 0 radical (unpaired) electrons. The van der Waals surface area contributed by atoms with Gasteiger partial charge in [0.15, 0.2) is 0 Å². The molecule has 0 saturated heterocycles. The molecule has 162 valence electrons. The fraction of sp³-hybridized carbons (Fsp3) is 0.192. The van der Waals surface area contributed by atoms with Gasteiger partial charge in [0.1, 0.15) is 23.2 Å². The third kappa shape index (κ3) is 6.19. The number of hydrogen-bond acceptors (Lipinski definition) is 5. The van der Waals surface area contributed by atoms with Crippen molar-refractivity contribution in [2.75, 3.05) is 13.2 Å². The standard InChI is InChI=1S/C26H24N2O4/c1-2-31-26(30)21-12-10-20(11-13-21)24-15-14-23(32-24)17-22(18-27)25(29)28-16-6-9-19-7-4-3-5-8-19/h3-5,7-8,10-15,17H,2,6,9,16H2,1H3,(H,28,29)/b22-17-. The number of aryl methyl sites for hydroxylation is 1. The van der Waals surface area contributed by atoms with Gasteiger partial charge in [0.2, 0.25) is 0 Å². The Bertz CT molecular complexity index is 1120. The van der Waals surface area contributed by atoms with E-state index in [1.165, 1.54) is 11.6 Å². The number of ether oxygens (including phenoxy) is 1. The second-order valence-corrected chi connectivity index (χ2v) is 7.01. The number of nitrogens with one attached hydrogen (secondary N) is 1. The molecule has 0 saturated carbocycles. The van der Waals surface area contributed by atoms with Crippen molar-refractivity contribution in [2.45, 2.75) is 19.8 Å². The van der Waals surface area contributed by atoms with Crippen LogP contribution in [-0.2, 0) is 16.0 Å². The minimum Gasteiger partial charge on any atom is -0.462 e. The van der Waals surface area contributed by atoms with Crippen LogP contribution in [0.2, 0.25) is 0 Å². The minimum atomic E-state index is -0.433. The van der Waals surface area contributed by atoms with Gasteiger partial charge in [-0.3, -0.25) is 4.79 Å². The lowest BCUT2D eigenvalue weighted by Crippen LogP contribution is -2.25. The van der Waals surface area contributed by atoms with Gasteiger partial charge in [-0.15, -0.1) is 0 Å². The van der Waals surface area contributed by atoms with Crippen molar-refractivity contribution < 1.29 is 18.7 Å². The number of carbonyl (C=O) groups excluding carboxylic acids is 2. The first kappa shape index (κ1) is 22.6. The highest BCUT2D eigenvalue weighted by Crippen LogP contribution is 2.24. The van der Waals surface area contributed by atoms with Crippen LogP contribution in [0.5, 0.6) is 0 Å². The molecule has 1 heterocycles. The summed E-state index contributed by atoms with van der Waals surface area (Å²) >= 11 is 0. The summed E-state index contributed by atoms with van der Waals surface area (Å²) in [5, 5.41) is 12.2. The van der Waals surface area contributed by atoms with Crippen molar-refractivity contribution in [2.24, 2.45) is 0 Å². The molecular formula is C26H24N2O4. The van der Waals surface area contributed by atoms with E-state index >= 15 is 0 Å². The van der Waals surface area contributed by atoms with E-state index in [4.69, 9.17) is 9.15 Å². The van der Waals surface area contributed by atoms with Crippen molar-refractivity contribution in [1.82, 2.24) is 5.32 Å². The summed E-state index contributed by atoms with van der Waals surface area (Å²) in [7, 11) is 0. The van der Waals surface area contributed by atoms with Gasteiger partial charge in [0, 0.05) is 18.2 Å². The Labute approximate surface area is 187 Å². The molecule has 0 bridgehead atoms. The Morgan fingerprint density at radius 3 is 2.50 bits per heavy atom. The van der Waals surface area contributed by atoms with Gasteiger partial charge in [-0.05, 0) is 49.6 Å². The summed E-state index contributed by atoms with van der Waals surface area (Å²) in [5.74, 6) is 0.144. The molecule has 0 spiro atoms. The van der Waals surface area contributed by atoms with Crippen LogP contribution in [0, 0.1) is 11.3 Å². The van der Waals surface area contributed by atoms with Crippen LogP contribution in [0.3, 0.4) is 0 Å². The normalized spacial score (nSPS) is 10.9. The topological polar surface area (TPSA) is 92.3 Å². The molecule has 6 heteroatoms. The maximum Gasteiger partial charge on any atom is 0.338 e. The first-order chi connectivity index (χ1) is 15.6. The van der Waals surface area contributed by atoms with Gasteiger partial charge in [-0.1, -0.05) is 42.5 Å². The molecule has 0 aliphatic carbocycles. The molecule has 0 atom stereocenters. The zero-order chi connectivity index (χ0) is 22.8. The molecule has 3 rings (SSSR count). The third-order valence-corrected chi connectivity index (χ3v) is 4.73. The highest BCUT2D eigenvalue weighted by atomic mass is 16.5. The van der Waals surface area contributed by atoms with Crippen molar-refractivity contribution in [3.8, 4) is 17.4 Å². The maximum atomic E-state index is 12.3. The zero-order valence-corrected chi connectivity index (χ0v) is 17.8.